The number of nitrogens with one attached hydrogen (secondary N) is 1. The average Bonchev–Trinajstić information content (AvgIpc) is 3.01. The van der Waals surface area contributed by atoms with Gasteiger partial charge in [-0.15, -0.1) is 0 Å². The van der Waals surface area contributed by atoms with E-state index in [9.17, 15) is 9.59 Å². The van der Waals surface area contributed by atoms with Crippen molar-refractivity contribution in [1.82, 2.24) is 19.6 Å². The molecule has 0 saturated carbocycles. The summed E-state index contributed by atoms with van der Waals surface area (Å²) in [5.74, 6) is -0.0435. The van der Waals surface area contributed by atoms with E-state index in [1.54, 1.807) is 18.3 Å². The summed E-state index contributed by atoms with van der Waals surface area (Å²) in [5, 5.41) is 3.03. The van der Waals surface area contributed by atoms with Crippen molar-refractivity contribution in [1.29, 1.82) is 0 Å². The van der Waals surface area contributed by atoms with Gasteiger partial charge in [0.05, 0.1) is 0 Å². The minimum atomic E-state index is -0.357. The van der Waals surface area contributed by atoms with Crippen molar-refractivity contribution in [2.75, 3.05) is 13.1 Å². The number of amides is 1. The molecule has 0 bridgehead atoms. The van der Waals surface area contributed by atoms with E-state index in [0.29, 0.717) is 11.6 Å². The lowest BCUT2D eigenvalue weighted by atomic mass is 10.1. The number of carbonyl (C=O) groups is 1. The third-order valence-electron chi connectivity index (χ3n) is 5.11. The van der Waals surface area contributed by atoms with Crippen LogP contribution in [-0.4, -0.2) is 39.3 Å². The van der Waals surface area contributed by atoms with Crippen LogP contribution in [0.25, 0.3) is 5.65 Å². The third kappa shape index (κ3) is 3.61. The molecule has 2 atom stereocenters. The lowest BCUT2D eigenvalue weighted by Gasteiger charge is -2.17. The number of pyridine rings is 1. The fourth-order valence-corrected chi connectivity index (χ4v) is 3.65. The lowest BCUT2D eigenvalue weighted by Crippen LogP contribution is -2.42. The van der Waals surface area contributed by atoms with E-state index in [1.165, 1.54) is 16.2 Å². The van der Waals surface area contributed by atoms with Gasteiger partial charge in [0.15, 0.2) is 0 Å². The number of likely N-dealkylation sites (tertiary alicyclic amines) is 1. The Morgan fingerprint density at radius 3 is 2.74 bits per heavy atom. The van der Waals surface area contributed by atoms with Crippen LogP contribution in [0, 0.1) is 5.92 Å². The monoisotopic (exact) mass is 362 g/mol. The number of fused-ring (bicyclic) bond motifs is 1. The van der Waals surface area contributed by atoms with Gasteiger partial charge < -0.3 is 5.32 Å². The molecular weight excluding hydrogens is 340 g/mol. The molecule has 3 heterocycles. The zero-order chi connectivity index (χ0) is 18.8. The Morgan fingerprint density at radius 1 is 1.15 bits per heavy atom. The van der Waals surface area contributed by atoms with Crippen LogP contribution in [0.15, 0.2) is 65.7 Å². The molecule has 27 heavy (non-hydrogen) atoms. The number of aromatic nitrogens is 2. The third-order valence-corrected chi connectivity index (χ3v) is 5.11. The zero-order valence-corrected chi connectivity index (χ0v) is 15.2. The second-order valence-corrected chi connectivity index (χ2v) is 7.14. The van der Waals surface area contributed by atoms with Crippen LogP contribution in [0.5, 0.6) is 0 Å². The number of hydrogen-bond donors (Lipinski definition) is 1. The average molecular weight is 362 g/mol. The highest BCUT2D eigenvalue weighted by atomic mass is 16.2. The highest BCUT2D eigenvalue weighted by Gasteiger charge is 2.31. The maximum Gasteiger partial charge on any atom is 0.270 e. The number of nitrogens with zero attached hydrogens (tertiary/aromatic N) is 3. The van der Waals surface area contributed by atoms with Crippen molar-refractivity contribution in [2.24, 2.45) is 5.92 Å². The molecule has 0 spiro atoms. The van der Waals surface area contributed by atoms with E-state index >= 15 is 0 Å². The molecule has 1 fully saturated rings. The van der Waals surface area contributed by atoms with Crippen LogP contribution in [0.4, 0.5) is 0 Å². The van der Waals surface area contributed by atoms with Gasteiger partial charge in [0.2, 0.25) is 0 Å². The summed E-state index contributed by atoms with van der Waals surface area (Å²) < 4.78 is 1.40. The van der Waals surface area contributed by atoms with E-state index in [1.807, 2.05) is 24.3 Å². The highest BCUT2D eigenvalue weighted by molar-refractivity contribution is 5.94. The van der Waals surface area contributed by atoms with Crippen molar-refractivity contribution >= 4 is 11.6 Å². The Morgan fingerprint density at radius 2 is 1.93 bits per heavy atom. The van der Waals surface area contributed by atoms with Gasteiger partial charge >= 0.3 is 0 Å². The van der Waals surface area contributed by atoms with Gasteiger partial charge in [-0.3, -0.25) is 18.9 Å². The number of hydrogen-bond acceptors (Lipinski definition) is 4. The lowest BCUT2D eigenvalue weighted by molar-refractivity contribution is 0.0929. The number of benzene rings is 1. The summed E-state index contributed by atoms with van der Waals surface area (Å²) >= 11 is 0. The first-order valence-corrected chi connectivity index (χ1v) is 9.15. The predicted octanol–water partition coefficient (Wildman–Crippen LogP) is 1.94. The molecule has 2 aromatic heterocycles. The fraction of sp³-hybridized carbons (Fsp3) is 0.286. The maximum atomic E-state index is 12.7. The maximum absolute atomic E-state index is 12.7. The van der Waals surface area contributed by atoms with Gasteiger partial charge in [-0.05, 0) is 23.6 Å². The molecule has 1 saturated heterocycles. The van der Waals surface area contributed by atoms with Crippen molar-refractivity contribution < 1.29 is 4.79 Å². The van der Waals surface area contributed by atoms with Crippen molar-refractivity contribution in [3.05, 3.63) is 82.4 Å². The summed E-state index contributed by atoms with van der Waals surface area (Å²) in [6.45, 7) is 4.66. The molecule has 6 nitrogen and oxygen atoms in total. The summed E-state index contributed by atoms with van der Waals surface area (Å²) in [6.07, 6.45) is 3.00. The highest BCUT2D eigenvalue weighted by Crippen LogP contribution is 2.19. The van der Waals surface area contributed by atoms with Crippen LogP contribution in [0.3, 0.4) is 0 Å². The van der Waals surface area contributed by atoms with Crippen molar-refractivity contribution in [2.45, 2.75) is 19.5 Å². The summed E-state index contributed by atoms with van der Waals surface area (Å²) in [7, 11) is 0. The van der Waals surface area contributed by atoms with Crippen LogP contribution >= 0.6 is 0 Å². The SMILES string of the molecule is C[C@@H]1CN(Cc2ccccc2)C[C@H]1NC(=O)c1cnc2ccccn2c1=O. The smallest absolute Gasteiger partial charge is 0.270 e. The quantitative estimate of drug-likeness (QED) is 0.770. The molecule has 1 aliphatic rings. The second-order valence-electron chi connectivity index (χ2n) is 7.14. The molecule has 0 unspecified atom stereocenters. The Bertz CT molecular complexity index is 1020. The molecular formula is C21H22N4O2. The molecule has 0 radical (unpaired) electrons. The van der Waals surface area contributed by atoms with Crippen molar-refractivity contribution in [3.8, 4) is 0 Å². The number of carbonyl (C=O) groups excluding carboxylic acids is 1. The topological polar surface area (TPSA) is 66.7 Å². The molecule has 138 valence electrons. The number of rotatable bonds is 4. The summed E-state index contributed by atoms with van der Waals surface area (Å²) in [4.78, 5) is 31.8. The van der Waals surface area contributed by atoms with Gasteiger partial charge in [0.1, 0.15) is 11.2 Å². The van der Waals surface area contributed by atoms with Crippen LogP contribution in [-0.2, 0) is 6.54 Å². The normalized spacial score (nSPS) is 20.0. The molecule has 0 aliphatic carbocycles. The van der Waals surface area contributed by atoms with E-state index in [-0.39, 0.29) is 23.1 Å². The zero-order valence-electron chi connectivity index (χ0n) is 15.2. The minimum Gasteiger partial charge on any atom is -0.347 e. The van der Waals surface area contributed by atoms with E-state index in [0.717, 1.165) is 19.6 Å². The van der Waals surface area contributed by atoms with Gasteiger partial charge in [-0.1, -0.05) is 43.3 Å². The largest absolute Gasteiger partial charge is 0.347 e. The fourth-order valence-electron chi connectivity index (χ4n) is 3.65. The van der Waals surface area contributed by atoms with Gasteiger partial charge in [0, 0.05) is 38.1 Å². The molecule has 1 aromatic carbocycles. The standard InChI is InChI=1S/C21H22N4O2/c1-15-12-24(13-16-7-3-2-4-8-16)14-18(15)23-20(26)17-11-22-19-9-5-6-10-25(19)21(17)27/h2-11,15,18H,12-14H2,1H3,(H,23,26)/t15-,18-/m1/s1. The van der Waals surface area contributed by atoms with Crippen LogP contribution < -0.4 is 10.9 Å². The van der Waals surface area contributed by atoms with Gasteiger partial charge in [0.25, 0.3) is 11.5 Å². The molecule has 3 aromatic rings. The summed E-state index contributed by atoms with van der Waals surface area (Å²) in [6, 6.07) is 15.6. The molecule has 1 aliphatic heterocycles. The van der Waals surface area contributed by atoms with Crippen LogP contribution in [0.2, 0.25) is 0 Å². The van der Waals surface area contributed by atoms with Crippen LogP contribution in [0.1, 0.15) is 22.8 Å². The minimum absolute atomic E-state index is 0.0112. The second kappa shape index (κ2) is 7.32. The first-order valence-electron chi connectivity index (χ1n) is 9.15. The first kappa shape index (κ1) is 17.4. The predicted molar refractivity (Wildman–Crippen MR) is 104 cm³/mol. The molecule has 1 N–H and O–H groups in total. The Labute approximate surface area is 157 Å². The van der Waals surface area contributed by atoms with E-state index in [4.69, 9.17) is 0 Å². The van der Waals surface area contributed by atoms with E-state index in [2.05, 4.69) is 34.3 Å². The molecule has 1 amide bonds. The Balaban J connectivity index is 1.47. The van der Waals surface area contributed by atoms with Gasteiger partial charge in [-0.25, -0.2) is 4.98 Å². The molecule has 6 heteroatoms. The summed E-state index contributed by atoms with van der Waals surface area (Å²) in [5.41, 5.74) is 1.52. The molecule has 4 rings (SSSR count). The van der Waals surface area contributed by atoms with Gasteiger partial charge in [-0.2, -0.15) is 0 Å². The van der Waals surface area contributed by atoms with E-state index < -0.39 is 0 Å². The Hall–Kier alpha value is -2.99. The van der Waals surface area contributed by atoms with Crippen molar-refractivity contribution in [3.63, 3.8) is 0 Å². The Kier molecular flexibility index (Phi) is 4.73. The first-order chi connectivity index (χ1) is 13.1.